The van der Waals surface area contributed by atoms with Crippen LogP contribution in [0.25, 0.3) is 0 Å². The Hall–Kier alpha value is -0.340. The third-order valence-electron chi connectivity index (χ3n) is 4.62. The fourth-order valence-electron chi connectivity index (χ4n) is 3.44. The van der Waals surface area contributed by atoms with Crippen molar-refractivity contribution in [3.05, 3.63) is 35.4 Å². The van der Waals surface area contributed by atoms with Gasteiger partial charge in [-0.3, -0.25) is 0 Å². The van der Waals surface area contributed by atoms with Gasteiger partial charge in [-0.15, -0.1) is 0 Å². The zero-order chi connectivity index (χ0) is 13.1. The van der Waals surface area contributed by atoms with Crippen molar-refractivity contribution in [1.29, 1.82) is 0 Å². The van der Waals surface area contributed by atoms with Crippen LogP contribution < -0.4 is 0 Å². The summed E-state index contributed by atoms with van der Waals surface area (Å²) in [5.74, 6) is 0.805. The van der Waals surface area contributed by atoms with E-state index in [0.717, 1.165) is 12.5 Å². The fraction of sp³-hybridized carbons (Fsp3) is 0.647. The van der Waals surface area contributed by atoms with E-state index in [4.69, 9.17) is 4.74 Å². The maximum absolute atomic E-state index is 5.77. The van der Waals surface area contributed by atoms with Crippen LogP contribution in [0, 0.1) is 0 Å². The van der Waals surface area contributed by atoms with Crippen LogP contribution in [0.5, 0.6) is 0 Å². The van der Waals surface area contributed by atoms with E-state index in [1.807, 2.05) is 0 Å². The van der Waals surface area contributed by atoms with E-state index >= 15 is 0 Å². The van der Waals surface area contributed by atoms with Gasteiger partial charge in [0.25, 0.3) is 0 Å². The first-order chi connectivity index (χ1) is 9.34. The van der Waals surface area contributed by atoms with Crippen LogP contribution >= 0.6 is 15.9 Å². The second-order valence-electron chi connectivity index (χ2n) is 5.95. The summed E-state index contributed by atoms with van der Waals surface area (Å²) in [5.41, 5.74) is 2.90. The van der Waals surface area contributed by atoms with Gasteiger partial charge in [-0.05, 0) is 42.7 Å². The molecule has 3 rings (SSSR count). The van der Waals surface area contributed by atoms with Gasteiger partial charge in [0.05, 0.1) is 10.9 Å². The van der Waals surface area contributed by atoms with Crippen LogP contribution in [0.2, 0.25) is 0 Å². The molecule has 2 heteroatoms. The van der Waals surface area contributed by atoms with Gasteiger partial charge in [-0.1, -0.05) is 59.5 Å². The molecule has 0 spiro atoms. The molecule has 1 nitrogen and oxygen atoms in total. The number of halogens is 1. The minimum Gasteiger partial charge on any atom is -0.377 e. The number of alkyl halides is 1. The molecule has 1 aliphatic heterocycles. The molecule has 2 unspecified atom stereocenters. The minimum absolute atomic E-state index is 0.357. The van der Waals surface area contributed by atoms with Gasteiger partial charge < -0.3 is 4.74 Å². The lowest BCUT2D eigenvalue weighted by Crippen LogP contribution is -2.12. The van der Waals surface area contributed by atoms with Gasteiger partial charge >= 0.3 is 0 Å². The lowest BCUT2D eigenvalue weighted by Gasteiger charge is -2.23. The van der Waals surface area contributed by atoms with Crippen molar-refractivity contribution in [2.24, 2.45) is 0 Å². The Kier molecular flexibility index (Phi) is 4.60. The summed E-state index contributed by atoms with van der Waals surface area (Å²) in [4.78, 5) is 0.357. The Labute approximate surface area is 124 Å². The van der Waals surface area contributed by atoms with Gasteiger partial charge in [0.2, 0.25) is 0 Å². The average molecular weight is 323 g/mol. The van der Waals surface area contributed by atoms with Crippen molar-refractivity contribution in [1.82, 2.24) is 0 Å². The van der Waals surface area contributed by atoms with Crippen molar-refractivity contribution in [2.45, 2.75) is 61.8 Å². The van der Waals surface area contributed by atoms with Gasteiger partial charge in [-0.2, -0.15) is 0 Å². The first-order valence-electron chi connectivity index (χ1n) is 7.70. The second kappa shape index (κ2) is 6.41. The van der Waals surface area contributed by atoms with Crippen molar-refractivity contribution in [3.63, 3.8) is 0 Å². The Morgan fingerprint density at radius 3 is 2.32 bits per heavy atom. The molecule has 104 valence electrons. The van der Waals surface area contributed by atoms with Gasteiger partial charge in [-0.25, -0.2) is 0 Å². The monoisotopic (exact) mass is 322 g/mol. The lowest BCUT2D eigenvalue weighted by atomic mass is 9.84. The highest BCUT2D eigenvalue weighted by atomic mass is 79.9. The van der Waals surface area contributed by atoms with Crippen LogP contribution in [-0.2, 0) is 4.74 Å². The molecular formula is C17H23BrO. The van der Waals surface area contributed by atoms with E-state index in [1.165, 1.54) is 56.1 Å². The summed E-state index contributed by atoms with van der Waals surface area (Å²) >= 11 is 3.81. The molecule has 1 aliphatic carbocycles. The molecule has 0 radical (unpaired) electrons. The molecule has 0 N–H and O–H groups in total. The molecule has 1 saturated carbocycles. The topological polar surface area (TPSA) is 9.23 Å². The maximum atomic E-state index is 5.77. The Morgan fingerprint density at radius 1 is 0.947 bits per heavy atom. The van der Waals surface area contributed by atoms with E-state index in [-0.39, 0.29) is 0 Å². The molecule has 2 aliphatic rings. The third-order valence-corrected chi connectivity index (χ3v) is 5.74. The summed E-state index contributed by atoms with van der Waals surface area (Å²) in [6.45, 7) is 0.924. The summed E-state index contributed by atoms with van der Waals surface area (Å²) < 4.78 is 5.77. The standard InChI is InChI=1S/C17H23BrO/c18-17(16-7-4-12-19-16)15-10-8-14(9-11-15)13-5-2-1-3-6-13/h8-11,13,16-17H,1-7,12H2. The number of ether oxygens (including phenoxy) is 1. The molecule has 1 aromatic carbocycles. The Balaban J connectivity index is 1.67. The van der Waals surface area contributed by atoms with Gasteiger partial charge in [0.15, 0.2) is 0 Å². The van der Waals surface area contributed by atoms with Crippen LogP contribution in [-0.4, -0.2) is 12.7 Å². The lowest BCUT2D eigenvalue weighted by molar-refractivity contribution is 0.110. The predicted octanol–water partition coefficient (Wildman–Crippen LogP) is 5.35. The number of benzene rings is 1. The van der Waals surface area contributed by atoms with Crippen LogP contribution in [0.1, 0.15) is 66.8 Å². The summed E-state index contributed by atoms with van der Waals surface area (Å²) in [5, 5.41) is 0. The quantitative estimate of drug-likeness (QED) is 0.681. The number of hydrogen-bond acceptors (Lipinski definition) is 1. The largest absolute Gasteiger partial charge is 0.377 e. The van der Waals surface area contributed by atoms with Crippen molar-refractivity contribution in [3.8, 4) is 0 Å². The number of rotatable bonds is 3. The summed E-state index contributed by atoms with van der Waals surface area (Å²) in [6, 6.07) is 9.28. The van der Waals surface area contributed by atoms with Gasteiger partial charge in [0.1, 0.15) is 0 Å². The van der Waals surface area contributed by atoms with Crippen LogP contribution in [0.15, 0.2) is 24.3 Å². The molecule has 0 amide bonds. The normalized spacial score (nSPS) is 26.5. The molecule has 1 saturated heterocycles. The summed E-state index contributed by atoms with van der Waals surface area (Å²) in [6.07, 6.45) is 9.74. The van der Waals surface area contributed by atoms with E-state index in [2.05, 4.69) is 40.2 Å². The SMILES string of the molecule is BrC(c1ccc(C2CCCCC2)cc1)C1CCCO1. The second-order valence-corrected chi connectivity index (χ2v) is 6.94. The van der Waals surface area contributed by atoms with Crippen molar-refractivity contribution < 1.29 is 4.74 Å². The molecule has 1 heterocycles. The van der Waals surface area contributed by atoms with E-state index < -0.39 is 0 Å². The molecule has 2 atom stereocenters. The molecule has 2 fully saturated rings. The molecule has 19 heavy (non-hydrogen) atoms. The highest BCUT2D eigenvalue weighted by molar-refractivity contribution is 9.09. The van der Waals surface area contributed by atoms with Crippen LogP contribution in [0.4, 0.5) is 0 Å². The molecule has 0 aromatic heterocycles. The first-order valence-corrected chi connectivity index (χ1v) is 8.62. The highest BCUT2D eigenvalue weighted by Crippen LogP contribution is 2.36. The fourth-order valence-corrected chi connectivity index (χ4v) is 4.16. The van der Waals surface area contributed by atoms with E-state index in [9.17, 15) is 0 Å². The summed E-state index contributed by atoms with van der Waals surface area (Å²) in [7, 11) is 0. The Morgan fingerprint density at radius 2 is 1.68 bits per heavy atom. The van der Waals surface area contributed by atoms with Gasteiger partial charge in [0, 0.05) is 6.61 Å². The highest BCUT2D eigenvalue weighted by Gasteiger charge is 2.25. The number of hydrogen-bond donors (Lipinski definition) is 0. The zero-order valence-electron chi connectivity index (χ0n) is 11.5. The van der Waals surface area contributed by atoms with Crippen LogP contribution in [0.3, 0.4) is 0 Å². The zero-order valence-corrected chi connectivity index (χ0v) is 13.1. The van der Waals surface area contributed by atoms with E-state index in [1.54, 1.807) is 0 Å². The Bertz CT molecular complexity index is 388. The smallest absolute Gasteiger partial charge is 0.0741 e. The maximum Gasteiger partial charge on any atom is 0.0741 e. The van der Waals surface area contributed by atoms with Crippen molar-refractivity contribution in [2.75, 3.05) is 6.61 Å². The molecular weight excluding hydrogens is 300 g/mol. The first kappa shape index (κ1) is 13.6. The average Bonchev–Trinajstić information content (AvgIpc) is 3.02. The third kappa shape index (κ3) is 3.22. The van der Waals surface area contributed by atoms with Crippen molar-refractivity contribution >= 4 is 15.9 Å². The minimum atomic E-state index is 0.357. The van der Waals surface area contributed by atoms with E-state index in [0.29, 0.717) is 10.9 Å². The molecule has 0 bridgehead atoms. The predicted molar refractivity (Wildman–Crippen MR) is 82.9 cm³/mol. The molecule has 1 aromatic rings.